The molecule has 0 N–H and O–H groups in total. The van der Waals surface area contributed by atoms with Crippen LogP contribution in [0.3, 0.4) is 0 Å². The van der Waals surface area contributed by atoms with Crippen LogP contribution in [0.15, 0.2) is 0 Å². The number of rotatable bonds is 139. The Kier molecular flexibility index (Phi) is 135. The van der Waals surface area contributed by atoms with Gasteiger partial charge in [-0.2, -0.15) is 0 Å². The fourth-order valence-corrected chi connectivity index (χ4v) is 26.5. The standard InChI is InChI=1S/C146H294/c1-7-13-19-25-31-37-43-49-54-59-64-69-73-76-77-80-85-90-95-100-106-112-118-124-130-136-142-146(141-135-129-123-117-111-105-48-42-36-30-24-18-12-6,145(139-133-127-121-115-109-103-98-93-88-81-68-63-58-53-47-41-35-29-23-17-11-5)140-134-128-122-116-110-104-99-94-89-84-79-75-71-66-61-56-51-45-39-33-27-21-15-9-3)143-144(137-131-125-119-113-107-101-96-91-86-82-72-67-62-57-52-46-40-34-28-22-16-10-4)138-132-126-120-114-108-102-97-92-87-83-78-74-70-65-60-55-50-44-38-32-26-20-14-8-2/h144-145H,7-143H2,1-6H3. The minimum atomic E-state index is 0.550. The van der Waals surface area contributed by atoms with Crippen LogP contribution in [0.5, 0.6) is 0 Å². The van der Waals surface area contributed by atoms with E-state index in [1.807, 2.05) is 0 Å². The van der Waals surface area contributed by atoms with Crippen LogP contribution in [0.2, 0.25) is 0 Å². The summed E-state index contributed by atoms with van der Waals surface area (Å²) in [5.74, 6) is 1.90. The Labute approximate surface area is 932 Å². The molecule has 0 aromatic heterocycles. The molecule has 0 fully saturated rings. The van der Waals surface area contributed by atoms with Crippen molar-refractivity contribution >= 4 is 0 Å². The molecule has 3 unspecified atom stereocenters. The van der Waals surface area contributed by atoms with Crippen molar-refractivity contribution in [2.75, 3.05) is 0 Å². The second kappa shape index (κ2) is 135. The van der Waals surface area contributed by atoms with Gasteiger partial charge in [0.15, 0.2) is 0 Å². The van der Waals surface area contributed by atoms with Gasteiger partial charge in [-0.05, 0) is 49.4 Å². The minimum Gasteiger partial charge on any atom is -0.0654 e. The fourth-order valence-electron chi connectivity index (χ4n) is 26.5. The van der Waals surface area contributed by atoms with Crippen LogP contribution < -0.4 is 0 Å². The highest BCUT2D eigenvalue weighted by atomic mass is 14.4. The number of hydrogen-bond donors (Lipinski definition) is 0. The molecule has 0 saturated heterocycles. The third kappa shape index (κ3) is 123. The van der Waals surface area contributed by atoms with Gasteiger partial charge in [0.2, 0.25) is 0 Å². The first-order valence-electron chi connectivity index (χ1n) is 72.6. The van der Waals surface area contributed by atoms with Crippen molar-refractivity contribution in [1.82, 2.24) is 0 Å². The minimum absolute atomic E-state index is 0.550. The van der Waals surface area contributed by atoms with E-state index in [2.05, 4.69) is 41.5 Å². The lowest BCUT2D eigenvalue weighted by molar-refractivity contribution is 0.0591. The lowest BCUT2D eigenvalue weighted by Crippen LogP contribution is -2.34. The zero-order chi connectivity index (χ0) is 105. The van der Waals surface area contributed by atoms with Crippen LogP contribution in [-0.2, 0) is 0 Å². The summed E-state index contributed by atoms with van der Waals surface area (Å²) in [5, 5.41) is 0. The Morgan fingerprint density at radius 2 is 0.171 bits per heavy atom. The molecule has 0 amide bonds. The largest absolute Gasteiger partial charge is 0.0654 e. The van der Waals surface area contributed by atoms with Crippen LogP contribution in [0.4, 0.5) is 0 Å². The third-order valence-electron chi connectivity index (χ3n) is 36.9. The molecule has 0 heterocycles. The van der Waals surface area contributed by atoms with Crippen molar-refractivity contribution in [2.24, 2.45) is 17.3 Å². The smallest absolute Gasteiger partial charge is 0.0267 e. The molecule has 3 atom stereocenters. The molecule has 0 aliphatic carbocycles. The maximum Gasteiger partial charge on any atom is -0.0267 e. The van der Waals surface area contributed by atoms with Gasteiger partial charge in [0, 0.05) is 0 Å². The van der Waals surface area contributed by atoms with Gasteiger partial charge in [0.05, 0.1) is 0 Å². The molecule has 0 spiro atoms. The lowest BCUT2D eigenvalue weighted by Gasteiger charge is -2.45. The van der Waals surface area contributed by atoms with Gasteiger partial charge in [-0.15, -0.1) is 0 Å². The molecule has 0 aliphatic rings. The molecule has 0 saturated carbocycles. The van der Waals surface area contributed by atoms with E-state index < -0.39 is 0 Å². The second-order valence-electron chi connectivity index (χ2n) is 51.6. The Morgan fingerprint density at radius 3 is 0.274 bits per heavy atom. The van der Waals surface area contributed by atoms with Crippen LogP contribution in [0.1, 0.15) is 921 Å². The highest BCUT2D eigenvalue weighted by molar-refractivity contribution is 4.90. The molecular weight excluding hydrogens is 1750 g/mol. The molecule has 0 aromatic carbocycles. The molecule has 0 aliphatic heterocycles. The first kappa shape index (κ1) is 146. The predicted octanol–water partition coefficient (Wildman–Crippen LogP) is 56.8. The molecule has 0 bridgehead atoms. The summed E-state index contributed by atoms with van der Waals surface area (Å²) in [6.07, 6.45) is 205. The normalized spacial score (nSPS) is 12.8. The van der Waals surface area contributed by atoms with Gasteiger partial charge >= 0.3 is 0 Å². The van der Waals surface area contributed by atoms with Gasteiger partial charge in [0.1, 0.15) is 0 Å². The first-order chi connectivity index (χ1) is 72.6. The summed E-state index contributed by atoms with van der Waals surface area (Å²) >= 11 is 0. The van der Waals surface area contributed by atoms with Crippen LogP contribution in [0, 0.1) is 17.3 Å². The van der Waals surface area contributed by atoms with Crippen molar-refractivity contribution < 1.29 is 0 Å². The summed E-state index contributed by atoms with van der Waals surface area (Å²) in [7, 11) is 0. The van der Waals surface area contributed by atoms with Crippen molar-refractivity contribution in [1.29, 1.82) is 0 Å². The lowest BCUT2D eigenvalue weighted by atomic mass is 9.60. The van der Waals surface area contributed by atoms with Gasteiger partial charge in [-0.25, -0.2) is 0 Å². The third-order valence-corrected chi connectivity index (χ3v) is 36.9. The molecule has 0 aromatic rings. The molecule has 878 valence electrons. The summed E-state index contributed by atoms with van der Waals surface area (Å²) in [4.78, 5) is 0. The van der Waals surface area contributed by atoms with Crippen LogP contribution >= 0.6 is 0 Å². The first-order valence-corrected chi connectivity index (χ1v) is 72.6. The fraction of sp³-hybridized carbons (Fsp3) is 1.00. The maximum absolute atomic E-state index is 2.38. The number of hydrogen-bond acceptors (Lipinski definition) is 0. The van der Waals surface area contributed by atoms with E-state index >= 15 is 0 Å². The van der Waals surface area contributed by atoms with E-state index in [0.29, 0.717) is 5.41 Å². The molecule has 0 radical (unpaired) electrons. The van der Waals surface area contributed by atoms with E-state index in [0.717, 1.165) is 11.8 Å². The van der Waals surface area contributed by atoms with Crippen molar-refractivity contribution in [2.45, 2.75) is 921 Å². The van der Waals surface area contributed by atoms with E-state index in [1.54, 1.807) is 51.4 Å². The summed E-state index contributed by atoms with van der Waals surface area (Å²) in [6, 6.07) is 0. The van der Waals surface area contributed by atoms with Gasteiger partial charge in [0.25, 0.3) is 0 Å². The Morgan fingerprint density at radius 1 is 0.0890 bits per heavy atom. The average Bonchev–Trinajstić information content (AvgIpc) is 0.811. The molecule has 0 nitrogen and oxygen atoms in total. The molecule has 0 heteroatoms. The zero-order valence-electron chi connectivity index (χ0n) is 105. The monoisotopic (exact) mass is 2050 g/mol. The van der Waals surface area contributed by atoms with E-state index in [9.17, 15) is 0 Å². The zero-order valence-corrected chi connectivity index (χ0v) is 105. The summed E-state index contributed by atoms with van der Waals surface area (Å²) in [5.41, 5.74) is 0.550. The number of unbranched alkanes of at least 4 members (excludes halogenated alkanes) is 124. The quantitative estimate of drug-likeness (QED) is 0.0533. The van der Waals surface area contributed by atoms with Gasteiger partial charge in [-0.1, -0.05) is 889 Å². The molecular formula is C146H294. The second-order valence-corrected chi connectivity index (χ2v) is 51.6. The Bertz CT molecular complexity index is 2140. The van der Waals surface area contributed by atoms with Crippen LogP contribution in [0.25, 0.3) is 0 Å². The molecule has 0 rings (SSSR count). The maximum atomic E-state index is 2.38. The average molecular weight is 2050 g/mol. The Hall–Kier alpha value is 0. The summed E-state index contributed by atoms with van der Waals surface area (Å²) in [6.45, 7) is 14.1. The van der Waals surface area contributed by atoms with Crippen LogP contribution in [-0.4, -0.2) is 0 Å². The van der Waals surface area contributed by atoms with E-state index in [4.69, 9.17) is 0 Å². The topological polar surface area (TPSA) is 0 Å². The SMILES string of the molecule is CCCCCCCCCCCCCCCCCCCCCCCCCCCCC(CCCCCCCCCCCCCCC)(CC(CCCCCCCCCCCCCCCCCCCCCCCC)CCCCCCCCCCCCCCCCCCCCCCCCCC)C(CCCCCCCCCCCCCCCCCCCCCCC)CCCCCCCCCCCCCCCCCCCCCCCCCC. The Balaban J connectivity index is 6.77. The molecule has 146 heavy (non-hydrogen) atoms. The van der Waals surface area contributed by atoms with Gasteiger partial charge < -0.3 is 0 Å². The van der Waals surface area contributed by atoms with Crippen molar-refractivity contribution in [3.8, 4) is 0 Å². The van der Waals surface area contributed by atoms with Gasteiger partial charge in [-0.3, -0.25) is 0 Å². The van der Waals surface area contributed by atoms with E-state index in [-0.39, 0.29) is 0 Å². The van der Waals surface area contributed by atoms with Crippen molar-refractivity contribution in [3.63, 3.8) is 0 Å². The highest BCUT2D eigenvalue weighted by Crippen LogP contribution is 2.51. The summed E-state index contributed by atoms with van der Waals surface area (Å²) < 4.78 is 0. The highest BCUT2D eigenvalue weighted by Gasteiger charge is 2.39. The predicted molar refractivity (Wildman–Crippen MR) is 676 cm³/mol. The van der Waals surface area contributed by atoms with Crippen molar-refractivity contribution in [3.05, 3.63) is 0 Å². The van der Waals surface area contributed by atoms with E-state index in [1.165, 1.54) is 828 Å².